The van der Waals surface area contributed by atoms with Crippen LogP contribution in [0.2, 0.25) is 0 Å². The molecule has 1 aromatic rings. The average molecular weight is 293 g/mol. The third-order valence-corrected chi connectivity index (χ3v) is 3.23. The molecule has 0 fully saturated rings. The molecule has 4 nitrogen and oxygen atoms in total. The minimum atomic E-state index is -0.0685. The third kappa shape index (κ3) is 8.35. The lowest BCUT2D eigenvalue weighted by Crippen LogP contribution is -2.07. The molecular formula is C17H27NO3. The Balaban J connectivity index is 2.08. The van der Waals surface area contributed by atoms with Gasteiger partial charge in [0.1, 0.15) is 5.75 Å². The van der Waals surface area contributed by atoms with Crippen molar-refractivity contribution < 1.29 is 14.3 Å². The molecule has 0 bridgehead atoms. The van der Waals surface area contributed by atoms with Crippen LogP contribution in [-0.4, -0.2) is 25.7 Å². The van der Waals surface area contributed by atoms with Crippen LogP contribution in [0.25, 0.3) is 0 Å². The molecule has 0 aromatic heterocycles. The van der Waals surface area contributed by atoms with Crippen LogP contribution >= 0.6 is 0 Å². The van der Waals surface area contributed by atoms with E-state index in [1.165, 1.54) is 6.92 Å². The number of unbranched alkanes of at least 4 members (excludes halogenated alkanes) is 1. The first-order valence-corrected chi connectivity index (χ1v) is 7.70. The van der Waals surface area contributed by atoms with Crippen LogP contribution in [0.4, 0.5) is 5.69 Å². The summed E-state index contributed by atoms with van der Waals surface area (Å²) in [5.74, 6) is 1.40. The molecule has 0 aliphatic carbocycles. The van der Waals surface area contributed by atoms with Crippen LogP contribution in [0, 0.1) is 5.92 Å². The fraction of sp³-hybridized carbons (Fsp3) is 0.588. The molecule has 0 radical (unpaired) electrons. The number of amides is 1. The predicted octanol–water partition coefficient (Wildman–Crippen LogP) is 3.87. The van der Waals surface area contributed by atoms with Gasteiger partial charge in [-0.25, -0.2) is 0 Å². The number of rotatable bonds is 10. The molecule has 4 heteroatoms. The lowest BCUT2D eigenvalue weighted by Gasteiger charge is -2.10. The Labute approximate surface area is 127 Å². The Kier molecular flexibility index (Phi) is 8.51. The topological polar surface area (TPSA) is 47.6 Å². The highest BCUT2D eigenvalue weighted by molar-refractivity contribution is 5.88. The Morgan fingerprint density at radius 1 is 1.19 bits per heavy atom. The molecule has 0 saturated heterocycles. The van der Waals surface area contributed by atoms with Crippen LogP contribution in [-0.2, 0) is 9.53 Å². The Hall–Kier alpha value is -1.55. The SMILES string of the molecule is CCC(C)COCCCCOc1ccc(NC(C)=O)cc1. The third-order valence-electron chi connectivity index (χ3n) is 3.23. The number of anilines is 1. The number of carbonyl (C=O) groups is 1. The number of hydrogen-bond acceptors (Lipinski definition) is 3. The summed E-state index contributed by atoms with van der Waals surface area (Å²) in [4.78, 5) is 10.9. The molecule has 1 unspecified atom stereocenters. The van der Waals surface area contributed by atoms with Crippen molar-refractivity contribution in [1.29, 1.82) is 0 Å². The zero-order valence-electron chi connectivity index (χ0n) is 13.4. The maximum Gasteiger partial charge on any atom is 0.221 e. The fourth-order valence-corrected chi connectivity index (χ4v) is 1.74. The normalized spacial score (nSPS) is 12.0. The lowest BCUT2D eigenvalue weighted by atomic mass is 10.1. The Morgan fingerprint density at radius 3 is 2.48 bits per heavy atom. The molecule has 21 heavy (non-hydrogen) atoms. The number of carbonyl (C=O) groups excluding carboxylic acids is 1. The number of nitrogens with one attached hydrogen (secondary N) is 1. The van der Waals surface area contributed by atoms with E-state index in [4.69, 9.17) is 9.47 Å². The zero-order valence-corrected chi connectivity index (χ0v) is 13.4. The minimum Gasteiger partial charge on any atom is -0.494 e. The van der Waals surface area contributed by atoms with Gasteiger partial charge >= 0.3 is 0 Å². The molecule has 0 spiro atoms. The molecule has 1 aromatic carbocycles. The van der Waals surface area contributed by atoms with Crippen molar-refractivity contribution in [3.8, 4) is 5.75 Å². The van der Waals surface area contributed by atoms with Gasteiger partial charge in [0.15, 0.2) is 0 Å². The van der Waals surface area contributed by atoms with Crippen LogP contribution in [0.1, 0.15) is 40.0 Å². The van der Waals surface area contributed by atoms with Gasteiger partial charge in [0.05, 0.1) is 6.61 Å². The highest BCUT2D eigenvalue weighted by Crippen LogP contribution is 2.15. The van der Waals surface area contributed by atoms with Crippen molar-refractivity contribution in [1.82, 2.24) is 0 Å². The molecule has 0 heterocycles. The Morgan fingerprint density at radius 2 is 1.86 bits per heavy atom. The van der Waals surface area contributed by atoms with Crippen molar-refractivity contribution in [3.63, 3.8) is 0 Å². The predicted molar refractivity (Wildman–Crippen MR) is 85.7 cm³/mol. The van der Waals surface area contributed by atoms with Gasteiger partial charge in [0, 0.05) is 25.8 Å². The molecule has 1 atom stereocenters. The maximum atomic E-state index is 10.9. The highest BCUT2D eigenvalue weighted by atomic mass is 16.5. The first-order chi connectivity index (χ1) is 10.1. The van der Waals surface area contributed by atoms with Gasteiger partial charge in [0.25, 0.3) is 0 Å². The molecule has 0 aliphatic heterocycles. The molecule has 1 rings (SSSR count). The van der Waals surface area contributed by atoms with Crippen molar-refractivity contribution in [3.05, 3.63) is 24.3 Å². The lowest BCUT2D eigenvalue weighted by molar-refractivity contribution is -0.114. The molecule has 0 aliphatic rings. The van der Waals surface area contributed by atoms with Crippen molar-refractivity contribution in [2.45, 2.75) is 40.0 Å². The van der Waals surface area contributed by atoms with E-state index in [-0.39, 0.29) is 5.91 Å². The second-order valence-corrected chi connectivity index (χ2v) is 5.35. The van der Waals surface area contributed by atoms with Gasteiger partial charge < -0.3 is 14.8 Å². The molecular weight excluding hydrogens is 266 g/mol. The Bertz CT molecular complexity index is 403. The summed E-state index contributed by atoms with van der Waals surface area (Å²) >= 11 is 0. The monoisotopic (exact) mass is 293 g/mol. The van der Waals surface area contributed by atoms with Crippen LogP contribution in [0.5, 0.6) is 5.75 Å². The van der Waals surface area contributed by atoms with Crippen LogP contribution in [0.15, 0.2) is 24.3 Å². The van der Waals surface area contributed by atoms with Crippen LogP contribution < -0.4 is 10.1 Å². The second-order valence-electron chi connectivity index (χ2n) is 5.35. The smallest absolute Gasteiger partial charge is 0.221 e. The van der Waals surface area contributed by atoms with E-state index in [9.17, 15) is 4.79 Å². The number of benzene rings is 1. The average Bonchev–Trinajstić information content (AvgIpc) is 2.47. The summed E-state index contributed by atoms with van der Waals surface area (Å²) in [6.07, 6.45) is 3.16. The van der Waals surface area contributed by atoms with E-state index in [1.807, 2.05) is 24.3 Å². The van der Waals surface area contributed by atoms with Crippen molar-refractivity contribution >= 4 is 11.6 Å². The van der Waals surface area contributed by atoms with Gasteiger partial charge in [-0.05, 0) is 43.0 Å². The minimum absolute atomic E-state index is 0.0685. The highest BCUT2D eigenvalue weighted by Gasteiger charge is 1.99. The van der Waals surface area contributed by atoms with E-state index in [0.717, 1.165) is 43.9 Å². The van der Waals surface area contributed by atoms with Crippen molar-refractivity contribution in [2.24, 2.45) is 5.92 Å². The summed E-state index contributed by atoms with van der Waals surface area (Å²) in [5, 5.41) is 2.73. The van der Waals surface area contributed by atoms with Gasteiger partial charge in [-0.3, -0.25) is 4.79 Å². The maximum absolute atomic E-state index is 10.9. The zero-order chi connectivity index (χ0) is 15.5. The van der Waals surface area contributed by atoms with Gasteiger partial charge in [-0.1, -0.05) is 20.3 Å². The standard InChI is InChI=1S/C17H27NO3/c1-4-14(2)13-20-11-5-6-12-21-17-9-7-16(8-10-17)18-15(3)19/h7-10,14H,4-6,11-13H2,1-3H3,(H,18,19). The van der Waals surface area contributed by atoms with E-state index >= 15 is 0 Å². The molecule has 1 amide bonds. The molecule has 1 N–H and O–H groups in total. The van der Waals surface area contributed by atoms with Gasteiger partial charge in [-0.2, -0.15) is 0 Å². The quantitative estimate of drug-likeness (QED) is 0.666. The first-order valence-electron chi connectivity index (χ1n) is 7.70. The first kappa shape index (κ1) is 17.5. The molecule has 0 saturated carbocycles. The van der Waals surface area contributed by atoms with Gasteiger partial charge in [-0.15, -0.1) is 0 Å². The molecule has 118 valence electrons. The summed E-state index contributed by atoms with van der Waals surface area (Å²) in [6.45, 7) is 8.21. The van der Waals surface area contributed by atoms with E-state index in [1.54, 1.807) is 0 Å². The summed E-state index contributed by atoms with van der Waals surface area (Å²) in [7, 11) is 0. The van der Waals surface area contributed by atoms with E-state index < -0.39 is 0 Å². The van der Waals surface area contributed by atoms with Crippen molar-refractivity contribution in [2.75, 3.05) is 25.1 Å². The summed E-state index contributed by atoms with van der Waals surface area (Å²) in [5.41, 5.74) is 0.785. The summed E-state index contributed by atoms with van der Waals surface area (Å²) < 4.78 is 11.2. The number of ether oxygens (including phenoxy) is 2. The second kappa shape index (κ2) is 10.2. The van der Waals surface area contributed by atoms with Gasteiger partial charge in [0.2, 0.25) is 5.91 Å². The number of hydrogen-bond donors (Lipinski definition) is 1. The fourth-order valence-electron chi connectivity index (χ4n) is 1.74. The van der Waals surface area contributed by atoms with Crippen LogP contribution in [0.3, 0.4) is 0 Å². The van der Waals surface area contributed by atoms with E-state index in [2.05, 4.69) is 19.2 Å². The largest absolute Gasteiger partial charge is 0.494 e. The van der Waals surface area contributed by atoms with E-state index in [0.29, 0.717) is 12.5 Å². The summed E-state index contributed by atoms with van der Waals surface area (Å²) in [6, 6.07) is 7.41.